The topological polar surface area (TPSA) is 81.5 Å². The lowest BCUT2D eigenvalue weighted by Crippen LogP contribution is -2.25. The molecular formula is C13H14FN3O4S. The molecule has 0 radical (unpaired) electrons. The van der Waals surface area contributed by atoms with Crippen LogP contribution in [0.2, 0.25) is 0 Å². The van der Waals surface area contributed by atoms with Gasteiger partial charge >= 0.3 is 0 Å². The standard InChI is InChI=1S/C13H14FN3O4S/c1-9-4-6-10(7-5-9)22(19,20)17-8-11(12(14)15-17)13(18)16(2)21-3/h4-8H,1-3H3. The van der Waals surface area contributed by atoms with E-state index in [2.05, 4.69) is 9.94 Å². The summed E-state index contributed by atoms with van der Waals surface area (Å²) in [6.07, 6.45) is 0.822. The minimum absolute atomic E-state index is 0.0558. The molecule has 0 N–H and O–H groups in total. The fourth-order valence-corrected chi connectivity index (χ4v) is 2.79. The lowest BCUT2D eigenvalue weighted by Gasteiger charge is -2.11. The minimum atomic E-state index is -4.07. The van der Waals surface area contributed by atoms with Crippen molar-refractivity contribution in [3.8, 4) is 0 Å². The molecule has 0 aliphatic carbocycles. The molecule has 7 nitrogen and oxygen atoms in total. The number of benzene rings is 1. The third-order valence-corrected chi connectivity index (χ3v) is 4.55. The molecule has 1 heterocycles. The van der Waals surface area contributed by atoms with Crippen LogP contribution in [-0.2, 0) is 14.9 Å². The predicted octanol–water partition coefficient (Wildman–Crippen LogP) is 1.20. The highest BCUT2D eigenvalue weighted by atomic mass is 32.2. The highest BCUT2D eigenvalue weighted by Gasteiger charge is 2.25. The van der Waals surface area contributed by atoms with Crippen molar-refractivity contribution in [2.75, 3.05) is 14.2 Å². The van der Waals surface area contributed by atoms with Crippen LogP contribution >= 0.6 is 0 Å². The average molecular weight is 327 g/mol. The van der Waals surface area contributed by atoms with E-state index in [1.54, 1.807) is 19.1 Å². The molecule has 9 heteroatoms. The van der Waals surface area contributed by atoms with Gasteiger partial charge in [0.1, 0.15) is 5.56 Å². The van der Waals surface area contributed by atoms with Crippen LogP contribution in [0, 0.1) is 12.9 Å². The van der Waals surface area contributed by atoms with Gasteiger partial charge in [0.05, 0.1) is 18.2 Å². The summed E-state index contributed by atoms with van der Waals surface area (Å²) in [5, 5.41) is 4.04. The summed E-state index contributed by atoms with van der Waals surface area (Å²) in [6, 6.07) is 5.98. The second-order valence-electron chi connectivity index (χ2n) is 4.51. The minimum Gasteiger partial charge on any atom is -0.274 e. The molecule has 0 aliphatic heterocycles. The summed E-state index contributed by atoms with van der Waals surface area (Å²) < 4.78 is 38.9. The quantitative estimate of drug-likeness (QED) is 0.788. The second kappa shape index (κ2) is 5.85. The zero-order valence-electron chi connectivity index (χ0n) is 12.1. The van der Waals surface area contributed by atoms with E-state index in [4.69, 9.17) is 0 Å². The van der Waals surface area contributed by atoms with Crippen molar-refractivity contribution in [1.82, 2.24) is 14.2 Å². The van der Waals surface area contributed by atoms with Crippen LogP contribution < -0.4 is 0 Å². The van der Waals surface area contributed by atoms with Crippen molar-refractivity contribution in [2.24, 2.45) is 0 Å². The van der Waals surface area contributed by atoms with E-state index in [0.29, 0.717) is 4.09 Å². The molecule has 118 valence electrons. The second-order valence-corrected chi connectivity index (χ2v) is 6.31. The number of aryl methyl sites for hydroxylation is 1. The molecule has 0 fully saturated rings. The molecule has 2 rings (SSSR count). The van der Waals surface area contributed by atoms with E-state index in [9.17, 15) is 17.6 Å². The zero-order chi connectivity index (χ0) is 16.5. The predicted molar refractivity (Wildman–Crippen MR) is 75.1 cm³/mol. The number of nitrogens with zero attached hydrogens (tertiary/aromatic N) is 3. The van der Waals surface area contributed by atoms with Crippen LogP contribution in [-0.4, -0.2) is 42.7 Å². The van der Waals surface area contributed by atoms with Crippen molar-refractivity contribution >= 4 is 15.9 Å². The van der Waals surface area contributed by atoms with Crippen LogP contribution in [0.5, 0.6) is 0 Å². The summed E-state index contributed by atoms with van der Waals surface area (Å²) in [5.74, 6) is -2.03. The molecule has 0 atom stereocenters. The molecule has 0 unspecified atom stereocenters. The number of halogens is 1. The Kier molecular flexibility index (Phi) is 4.29. The maximum atomic E-state index is 13.8. The number of hydrogen-bond donors (Lipinski definition) is 0. The molecular weight excluding hydrogens is 313 g/mol. The third-order valence-electron chi connectivity index (χ3n) is 3.00. The van der Waals surface area contributed by atoms with Gasteiger partial charge in [0, 0.05) is 7.05 Å². The molecule has 0 saturated carbocycles. The third kappa shape index (κ3) is 2.85. The number of carbonyl (C=O) groups is 1. The highest BCUT2D eigenvalue weighted by Crippen LogP contribution is 2.16. The van der Waals surface area contributed by atoms with E-state index in [1.807, 2.05) is 0 Å². The monoisotopic (exact) mass is 327 g/mol. The van der Waals surface area contributed by atoms with Gasteiger partial charge in [0.2, 0.25) is 5.95 Å². The molecule has 1 amide bonds. The van der Waals surface area contributed by atoms with Gasteiger partial charge in [-0.05, 0) is 19.1 Å². The Balaban J connectivity index is 2.46. The number of aromatic nitrogens is 2. The molecule has 0 spiro atoms. The highest BCUT2D eigenvalue weighted by molar-refractivity contribution is 7.89. The molecule has 0 aliphatic rings. The zero-order valence-corrected chi connectivity index (χ0v) is 13.0. The van der Waals surface area contributed by atoms with E-state index in [0.717, 1.165) is 16.8 Å². The summed E-state index contributed by atoms with van der Waals surface area (Å²) in [5.41, 5.74) is 0.378. The van der Waals surface area contributed by atoms with Gasteiger partial charge in [-0.2, -0.15) is 16.9 Å². The van der Waals surface area contributed by atoms with E-state index in [1.165, 1.54) is 26.3 Å². The molecule has 22 heavy (non-hydrogen) atoms. The van der Waals surface area contributed by atoms with Crippen molar-refractivity contribution in [3.63, 3.8) is 0 Å². The van der Waals surface area contributed by atoms with Crippen LogP contribution in [0.4, 0.5) is 4.39 Å². The Morgan fingerprint density at radius 2 is 1.91 bits per heavy atom. The van der Waals surface area contributed by atoms with Gasteiger partial charge < -0.3 is 0 Å². The van der Waals surface area contributed by atoms with Crippen LogP contribution in [0.3, 0.4) is 0 Å². The van der Waals surface area contributed by atoms with Crippen molar-refractivity contribution < 1.29 is 22.4 Å². The maximum Gasteiger partial charge on any atom is 0.283 e. The molecule has 1 aromatic heterocycles. The molecule has 0 bridgehead atoms. The van der Waals surface area contributed by atoms with Gasteiger partial charge in [-0.25, -0.2) is 5.06 Å². The molecule has 1 aromatic carbocycles. The summed E-state index contributed by atoms with van der Waals surface area (Å²) in [4.78, 5) is 16.4. The first-order valence-corrected chi connectivity index (χ1v) is 7.61. The van der Waals surface area contributed by atoms with Crippen LogP contribution in [0.15, 0.2) is 35.4 Å². The largest absolute Gasteiger partial charge is 0.283 e. The Morgan fingerprint density at radius 1 is 1.32 bits per heavy atom. The van der Waals surface area contributed by atoms with Crippen molar-refractivity contribution in [1.29, 1.82) is 0 Å². The lowest BCUT2D eigenvalue weighted by atomic mass is 10.2. The smallest absolute Gasteiger partial charge is 0.274 e. The van der Waals surface area contributed by atoms with Crippen LogP contribution in [0.1, 0.15) is 15.9 Å². The summed E-state index contributed by atoms with van der Waals surface area (Å²) in [7, 11) is -1.57. The SMILES string of the molecule is CON(C)C(=O)c1cn(S(=O)(=O)c2ccc(C)cc2)nc1F. The Labute approximate surface area is 126 Å². The fraction of sp³-hybridized carbons (Fsp3) is 0.231. The van der Waals surface area contributed by atoms with Gasteiger partial charge in [-0.15, -0.1) is 5.10 Å². The van der Waals surface area contributed by atoms with Gasteiger partial charge in [0.15, 0.2) is 0 Å². The summed E-state index contributed by atoms with van der Waals surface area (Å²) in [6.45, 7) is 1.81. The van der Waals surface area contributed by atoms with E-state index in [-0.39, 0.29) is 4.90 Å². The number of rotatable bonds is 4. The van der Waals surface area contributed by atoms with E-state index >= 15 is 0 Å². The number of amides is 1. The van der Waals surface area contributed by atoms with Gasteiger partial charge in [0.25, 0.3) is 15.9 Å². The number of hydrogen-bond acceptors (Lipinski definition) is 5. The number of carbonyl (C=O) groups excluding carboxylic acids is 1. The Bertz CT molecular complexity index is 799. The molecule has 2 aromatic rings. The summed E-state index contributed by atoms with van der Waals surface area (Å²) >= 11 is 0. The van der Waals surface area contributed by atoms with Gasteiger partial charge in [-0.1, -0.05) is 17.7 Å². The number of hydroxylamine groups is 2. The van der Waals surface area contributed by atoms with Crippen molar-refractivity contribution in [3.05, 3.63) is 47.5 Å². The maximum absolute atomic E-state index is 13.8. The van der Waals surface area contributed by atoms with E-state index < -0.39 is 27.4 Å². The first-order valence-electron chi connectivity index (χ1n) is 6.17. The Hall–Kier alpha value is -2.26. The lowest BCUT2D eigenvalue weighted by molar-refractivity contribution is -0.0759. The average Bonchev–Trinajstić information content (AvgIpc) is 2.88. The fourth-order valence-electron chi connectivity index (χ4n) is 1.67. The van der Waals surface area contributed by atoms with Gasteiger partial charge in [-0.3, -0.25) is 9.63 Å². The van der Waals surface area contributed by atoms with Crippen LogP contribution in [0.25, 0.3) is 0 Å². The first kappa shape index (κ1) is 16.1. The molecule has 0 saturated heterocycles. The first-order chi connectivity index (χ1) is 10.3. The normalized spacial score (nSPS) is 11.5. The van der Waals surface area contributed by atoms with Crippen molar-refractivity contribution in [2.45, 2.75) is 11.8 Å². The Morgan fingerprint density at radius 3 is 2.45 bits per heavy atom.